The Morgan fingerprint density at radius 3 is 2.60 bits per heavy atom. The van der Waals surface area contributed by atoms with Gasteiger partial charge >= 0.3 is 0 Å². The highest BCUT2D eigenvalue weighted by Crippen LogP contribution is 2.24. The van der Waals surface area contributed by atoms with Crippen molar-refractivity contribution in [2.45, 2.75) is 33.9 Å². The number of nitrogens with one attached hydrogen (secondary N) is 1. The first kappa shape index (κ1) is 17.6. The van der Waals surface area contributed by atoms with Crippen LogP contribution in [0.5, 0.6) is 0 Å². The lowest BCUT2D eigenvalue weighted by Crippen LogP contribution is -2.21. The molecule has 132 valence electrons. The molecule has 6 heteroatoms. The first-order chi connectivity index (χ1) is 12.2. The van der Waals surface area contributed by atoms with E-state index in [4.69, 9.17) is 0 Å². The largest absolute Gasteiger partial charge is 0.347 e. The van der Waals surface area contributed by atoms with E-state index < -0.39 is 0 Å². The summed E-state index contributed by atoms with van der Waals surface area (Å²) in [5, 5.41) is 14.2. The van der Waals surface area contributed by atoms with Gasteiger partial charge in [0.15, 0.2) is 0 Å². The fourth-order valence-corrected chi connectivity index (χ4v) is 3.80. The van der Waals surface area contributed by atoms with Crippen molar-refractivity contribution in [3.8, 4) is 5.13 Å². The summed E-state index contributed by atoms with van der Waals surface area (Å²) in [7, 11) is 0. The minimum atomic E-state index is 0.793. The number of nitrogens with zero attached hydrogens (tertiary/aromatic N) is 4. The summed E-state index contributed by atoms with van der Waals surface area (Å²) in [6.07, 6.45) is 2.05. The van der Waals surface area contributed by atoms with Crippen LogP contribution in [-0.2, 0) is 13.1 Å². The summed E-state index contributed by atoms with van der Waals surface area (Å²) in [5.41, 5.74) is 3.84. The molecular formula is C19H25N5S. The molecule has 0 bridgehead atoms. The molecule has 0 saturated heterocycles. The van der Waals surface area contributed by atoms with Crippen molar-refractivity contribution in [2.75, 3.05) is 18.0 Å². The van der Waals surface area contributed by atoms with Crippen LogP contribution in [0, 0.1) is 6.92 Å². The average Bonchev–Trinajstić information content (AvgIpc) is 3.27. The third-order valence-electron chi connectivity index (χ3n) is 4.36. The summed E-state index contributed by atoms with van der Waals surface area (Å²) in [6, 6.07) is 12.7. The molecule has 2 heterocycles. The maximum absolute atomic E-state index is 4.38. The van der Waals surface area contributed by atoms with E-state index in [1.165, 1.54) is 16.8 Å². The highest BCUT2D eigenvalue weighted by Gasteiger charge is 2.12. The third-order valence-corrected chi connectivity index (χ3v) is 5.34. The van der Waals surface area contributed by atoms with E-state index in [1.54, 1.807) is 11.3 Å². The summed E-state index contributed by atoms with van der Waals surface area (Å²) >= 11 is 1.63. The Hall–Kier alpha value is -2.18. The van der Waals surface area contributed by atoms with Gasteiger partial charge in [0.05, 0.1) is 0 Å². The molecule has 0 radical (unpaired) electrons. The maximum Gasteiger partial charge on any atom is 0.218 e. The lowest BCUT2D eigenvalue weighted by molar-refractivity contribution is 0.666. The van der Waals surface area contributed by atoms with E-state index in [2.05, 4.69) is 88.3 Å². The molecule has 0 unspecified atom stereocenters. The standard InChI is InChI=1S/C19H25N5S/c1-4-23(5-2)18-21-22-19(25-18)24-12-8-11-17(24)14-20-13-16-10-7-6-9-15(16)3/h6-12,20H,4-5,13-14H2,1-3H3. The van der Waals surface area contributed by atoms with Crippen LogP contribution in [0.4, 0.5) is 5.13 Å². The summed E-state index contributed by atoms with van der Waals surface area (Å²) in [6.45, 7) is 9.97. The van der Waals surface area contributed by atoms with E-state index in [-0.39, 0.29) is 0 Å². The molecule has 0 aliphatic heterocycles. The van der Waals surface area contributed by atoms with Crippen molar-refractivity contribution < 1.29 is 0 Å². The highest BCUT2D eigenvalue weighted by molar-refractivity contribution is 7.17. The van der Waals surface area contributed by atoms with Gasteiger partial charge in [0.2, 0.25) is 10.3 Å². The Kier molecular flexibility index (Phi) is 5.83. The average molecular weight is 356 g/mol. The van der Waals surface area contributed by atoms with Crippen LogP contribution in [0.1, 0.15) is 30.7 Å². The van der Waals surface area contributed by atoms with Crippen molar-refractivity contribution in [2.24, 2.45) is 0 Å². The molecular weight excluding hydrogens is 330 g/mol. The zero-order chi connectivity index (χ0) is 17.6. The predicted molar refractivity (Wildman–Crippen MR) is 105 cm³/mol. The normalized spacial score (nSPS) is 11.0. The zero-order valence-corrected chi connectivity index (χ0v) is 15.9. The van der Waals surface area contributed by atoms with Gasteiger partial charge in [-0.1, -0.05) is 35.6 Å². The lowest BCUT2D eigenvalue weighted by Gasteiger charge is -2.15. The number of anilines is 1. The van der Waals surface area contributed by atoms with Gasteiger partial charge in [-0.05, 0) is 44.0 Å². The molecule has 1 N–H and O–H groups in total. The number of benzene rings is 1. The summed E-state index contributed by atoms with van der Waals surface area (Å²) in [4.78, 5) is 2.22. The molecule has 0 aliphatic carbocycles. The first-order valence-corrected chi connectivity index (χ1v) is 9.54. The van der Waals surface area contributed by atoms with Gasteiger partial charge in [-0.15, -0.1) is 10.2 Å². The molecule has 1 aromatic carbocycles. The minimum Gasteiger partial charge on any atom is -0.347 e. The maximum atomic E-state index is 4.38. The summed E-state index contributed by atoms with van der Waals surface area (Å²) < 4.78 is 2.12. The second kappa shape index (κ2) is 8.27. The van der Waals surface area contributed by atoms with Gasteiger partial charge in [0.25, 0.3) is 0 Å². The van der Waals surface area contributed by atoms with Crippen molar-refractivity contribution in [3.05, 3.63) is 59.4 Å². The van der Waals surface area contributed by atoms with E-state index in [1.807, 2.05) is 0 Å². The van der Waals surface area contributed by atoms with Crippen LogP contribution in [0.3, 0.4) is 0 Å². The summed E-state index contributed by atoms with van der Waals surface area (Å²) in [5.74, 6) is 0. The quantitative estimate of drug-likeness (QED) is 0.668. The molecule has 0 aliphatic rings. The van der Waals surface area contributed by atoms with E-state index in [9.17, 15) is 0 Å². The van der Waals surface area contributed by atoms with Gasteiger partial charge in [0.1, 0.15) is 0 Å². The van der Waals surface area contributed by atoms with Gasteiger partial charge in [0, 0.05) is 38.1 Å². The Morgan fingerprint density at radius 1 is 1.04 bits per heavy atom. The van der Waals surface area contributed by atoms with Gasteiger partial charge in [-0.25, -0.2) is 0 Å². The van der Waals surface area contributed by atoms with Crippen molar-refractivity contribution in [1.82, 2.24) is 20.1 Å². The van der Waals surface area contributed by atoms with E-state index in [0.29, 0.717) is 0 Å². The van der Waals surface area contributed by atoms with Crippen LogP contribution in [0.15, 0.2) is 42.6 Å². The number of aromatic nitrogens is 3. The van der Waals surface area contributed by atoms with Gasteiger partial charge in [-0.2, -0.15) is 0 Å². The molecule has 0 amide bonds. The predicted octanol–water partition coefficient (Wildman–Crippen LogP) is 3.77. The fraction of sp³-hybridized carbons (Fsp3) is 0.368. The molecule has 3 rings (SSSR count). The Morgan fingerprint density at radius 2 is 1.84 bits per heavy atom. The molecule has 0 fully saturated rings. The molecule has 5 nitrogen and oxygen atoms in total. The highest BCUT2D eigenvalue weighted by atomic mass is 32.1. The van der Waals surface area contributed by atoms with Crippen LogP contribution < -0.4 is 10.2 Å². The monoisotopic (exact) mass is 355 g/mol. The van der Waals surface area contributed by atoms with Gasteiger partial charge < -0.3 is 10.2 Å². The SMILES string of the molecule is CCN(CC)c1nnc(-n2cccc2CNCc2ccccc2C)s1. The zero-order valence-electron chi connectivity index (χ0n) is 15.1. The fourth-order valence-electron chi connectivity index (χ4n) is 2.81. The smallest absolute Gasteiger partial charge is 0.218 e. The molecule has 0 saturated carbocycles. The number of hydrogen-bond acceptors (Lipinski definition) is 5. The topological polar surface area (TPSA) is 46.0 Å². The first-order valence-electron chi connectivity index (χ1n) is 8.73. The number of aryl methyl sites for hydroxylation is 1. The van der Waals surface area contributed by atoms with E-state index >= 15 is 0 Å². The van der Waals surface area contributed by atoms with Crippen LogP contribution in [0.25, 0.3) is 5.13 Å². The van der Waals surface area contributed by atoms with Crippen molar-refractivity contribution in [3.63, 3.8) is 0 Å². The Labute approximate surface area is 153 Å². The Bertz CT molecular complexity index is 804. The van der Waals surface area contributed by atoms with Gasteiger partial charge in [-0.3, -0.25) is 4.57 Å². The van der Waals surface area contributed by atoms with Crippen LogP contribution in [0.2, 0.25) is 0 Å². The van der Waals surface area contributed by atoms with Crippen molar-refractivity contribution >= 4 is 16.5 Å². The van der Waals surface area contributed by atoms with Crippen LogP contribution >= 0.6 is 11.3 Å². The molecule has 0 atom stereocenters. The number of hydrogen-bond donors (Lipinski definition) is 1. The van der Waals surface area contributed by atoms with E-state index in [0.717, 1.165) is 36.4 Å². The van der Waals surface area contributed by atoms with Crippen LogP contribution in [-0.4, -0.2) is 27.9 Å². The second-order valence-corrected chi connectivity index (χ2v) is 6.87. The van der Waals surface area contributed by atoms with Crippen molar-refractivity contribution in [1.29, 1.82) is 0 Å². The lowest BCUT2D eigenvalue weighted by atomic mass is 10.1. The number of rotatable bonds is 8. The molecule has 3 aromatic rings. The minimum absolute atomic E-state index is 0.793. The molecule has 25 heavy (non-hydrogen) atoms. The second-order valence-electron chi connectivity index (χ2n) is 5.94. The third kappa shape index (κ3) is 4.08. The Balaban J connectivity index is 1.68. The molecule has 0 spiro atoms. The molecule has 2 aromatic heterocycles.